The predicted octanol–water partition coefficient (Wildman–Crippen LogP) is 3.09. The summed E-state index contributed by atoms with van der Waals surface area (Å²) in [5.74, 6) is 0.263. The van der Waals surface area contributed by atoms with Crippen molar-refractivity contribution in [3.63, 3.8) is 0 Å². The van der Waals surface area contributed by atoms with Crippen LogP contribution in [-0.4, -0.2) is 17.4 Å². The third kappa shape index (κ3) is 3.95. The monoisotopic (exact) mass is 195 g/mol. The van der Waals surface area contributed by atoms with Gasteiger partial charge in [-0.2, -0.15) is 0 Å². The Hall–Kier alpha value is -0.790. The highest BCUT2D eigenvalue weighted by Crippen LogP contribution is 2.10. The maximum absolute atomic E-state index is 11.2. The number of rotatable bonds is 7. The molecule has 1 aliphatic heterocycles. The first kappa shape index (κ1) is 11.3. The number of hydrogen-bond acceptors (Lipinski definition) is 1. The van der Waals surface area contributed by atoms with Gasteiger partial charge in [-0.05, 0) is 6.42 Å². The van der Waals surface area contributed by atoms with E-state index < -0.39 is 0 Å². The van der Waals surface area contributed by atoms with Crippen molar-refractivity contribution < 1.29 is 4.79 Å². The predicted molar refractivity (Wildman–Crippen MR) is 58.8 cm³/mol. The maximum atomic E-state index is 11.2. The van der Waals surface area contributed by atoms with Gasteiger partial charge in [-0.15, -0.1) is 0 Å². The van der Waals surface area contributed by atoms with Crippen molar-refractivity contribution in [2.75, 3.05) is 6.54 Å². The Balaban J connectivity index is 1.93. The highest BCUT2D eigenvalue weighted by atomic mass is 16.2. The molecule has 1 aliphatic rings. The molecule has 0 atom stereocenters. The molecular formula is C12H21NO. The molecule has 14 heavy (non-hydrogen) atoms. The minimum absolute atomic E-state index is 0.263. The van der Waals surface area contributed by atoms with Gasteiger partial charge in [-0.25, -0.2) is 0 Å². The Morgan fingerprint density at radius 1 is 1.21 bits per heavy atom. The first-order valence-corrected chi connectivity index (χ1v) is 5.80. The van der Waals surface area contributed by atoms with E-state index in [1.54, 1.807) is 0 Å². The molecule has 1 rings (SSSR count). The smallest absolute Gasteiger partial charge is 0.230 e. The van der Waals surface area contributed by atoms with Gasteiger partial charge in [0.2, 0.25) is 5.91 Å². The maximum Gasteiger partial charge on any atom is 0.230 e. The first-order chi connectivity index (χ1) is 6.84. The molecule has 1 heterocycles. The highest BCUT2D eigenvalue weighted by molar-refractivity contribution is 5.81. The van der Waals surface area contributed by atoms with E-state index in [0.717, 1.165) is 13.0 Å². The van der Waals surface area contributed by atoms with Gasteiger partial charge in [0.05, 0.1) is 0 Å². The van der Waals surface area contributed by atoms with Crippen molar-refractivity contribution in [1.82, 2.24) is 4.90 Å². The van der Waals surface area contributed by atoms with Gasteiger partial charge in [0, 0.05) is 19.2 Å². The molecule has 0 aromatic carbocycles. The van der Waals surface area contributed by atoms with Gasteiger partial charge in [0.1, 0.15) is 0 Å². The van der Waals surface area contributed by atoms with Crippen LogP contribution in [0.15, 0.2) is 12.3 Å². The van der Waals surface area contributed by atoms with Gasteiger partial charge in [0.15, 0.2) is 0 Å². The molecule has 1 amide bonds. The fourth-order valence-corrected chi connectivity index (χ4v) is 1.74. The SMILES string of the molecule is CCCCCCCCN1C=CCC1=O. The lowest BCUT2D eigenvalue weighted by Gasteiger charge is -2.12. The van der Waals surface area contributed by atoms with Crippen LogP contribution >= 0.6 is 0 Å². The highest BCUT2D eigenvalue weighted by Gasteiger charge is 2.13. The van der Waals surface area contributed by atoms with E-state index in [9.17, 15) is 4.79 Å². The van der Waals surface area contributed by atoms with Crippen molar-refractivity contribution >= 4 is 5.91 Å². The zero-order valence-corrected chi connectivity index (χ0v) is 9.17. The largest absolute Gasteiger partial charge is 0.319 e. The molecule has 0 aromatic rings. The summed E-state index contributed by atoms with van der Waals surface area (Å²) < 4.78 is 0. The van der Waals surface area contributed by atoms with E-state index >= 15 is 0 Å². The van der Waals surface area contributed by atoms with Gasteiger partial charge in [0.25, 0.3) is 0 Å². The molecule has 0 unspecified atom stereocenters. The Labute approximate surface area is 87.0 Å². The summed E-state index contributed by atoms with van der Waals surface area (Å²) >= 11 is 0. The lowest BCUT2D eigenvalue weighted by molar-refractivity contribution is -0.126. The van der Waals surface area contributed by atoms with Crippen molar-refractivity contribution in [1.29, 1.82) is 0 Å². The number of hydrogen-bond donors (Lipinski definition) is 0. The average Bonchev–Trinajstić information content (AvgIpc) is 2.58. The minimum Gasteiger partial charge on any atom is -0.319 e. The van der Waals surface area contributed by atoms with E-state index in [1.165, 1.54) is 32.1 Å². The molecule has 0 N–H and O–H groups in total. The van der Waals surface area contributed by atoms with E-state index in [2.05, 4.69) is 6.92 Å². The summed E-state index contributed by atoms with van der Waals surface area (Å²) in [6, 6.07) is 0. The standard InChI is InChI=1S/C12H21NO/c1-2-3-4-5-6-7-10-13-11-8-9-12(13)14/h8,11H,2-7,9-10H2,1H3. The second-order valence-corrected chi connectivity index (χ2v) is 3.94. The number of nitrogens with zero attached hydrogens (tertiary/aromatic N) is 1. The van der Waals surface area contributed by atoms with Crippen LogP contribution in [0.1, 0.15) is 51.9 Å². The third-order valence-corrected chi connectivity index (χ3v) is 2.65. The number of amides is 1. The summed E-state index contributed by atoms with van der Waals surface area (Å²) in [5.41, 5.74) is 0. The van der Waals surface area contributed by atoms with Crippen LogP contribution in [0.25, 0.3) is 0 Å². The summed E-state index contributed by atoms with van der Waals surface area (Å²) in [7, 11) is 0. The van der Waals surface area contributed by atoms with Crippen LogP contribution in [0, 0.1) is 0 Å². The average molecular weight is 195 g/mol. The fraction of sp³-hybridized carbons (Fsp3) is 0.750. The van der Waals surface area contributed by atoms with Crippen molar-refractivity contribution in [3.8, 4) is 0 Å². The number of carbonyl (C=O) groups is 1. The molecular weight excluding hydrogens is 174 g/mol. The molecule has 0 aromatic heterocycles. The Morgan fingerprint density at radius 3 is 2.57 bits per heavy atom. The summed E-state index contributed by atoms with van der Waals surface area (Å²) in [6.45, 7) is 3.15. The molecule has 0 fully saturated rings. The van der Waals surface area contributed by atoms with Gasteiger partial charge >= 0.3 is 0 Å². The topological polar surface area (TPSA) is 20.3 Å². The molecule has 0 spiro atoms. The molecule has 0 saturated heterocycles. The van der Waals surface area contributed by atoms with E-state index in [-0.39, 0.29) is 5.91 Å². The molecule has 0 aliphatic carbocycles. The Bertz CT molecular complexity index is 198. The first-order valence-electron chi connectivity index (χ1n) is 5.80. The molecule has 2 nitrogen and oxygen atoms in total. The van der Waals surface area contributed by atoms with E-state index in [1.807, 2.05) is 17.2 Å². The normalized spacial score (nSPS) is 15.5. The van der Waals surface area contributed by atoms with Crippen LogP contribution in [-0.2, 0) is 4.79 Å². The molecule has 0 bridgehead atoms. The van der Waals surface area contributed by atoms with Crippen molar-refractivity contribution in [2.45, 2.75) is 51.9 Å². The van der Waals surface area contributed by atoms with Crippen LogP contribution < -0.4 is 0 Å². The zero-order valence-electron chi connectivity index (χ0n) is 9.17. The molecule has 80 valence electrons. The lowest BCUT2D eigenvalue weighted by Crippen LogP contribution is -2.21. The summed E-state index contributed by atoms with van der Waals surface area (Å²) in [6.07, 6.45) is 12.2. The van der Waals surface area contributed by atoms with Gasteiger partial charge in [-0.1, -0.05) is 45.1 Å². The van der Waals surface area contributed by atoms with Crippen molar-refractivity contribution in [3.05, 3.63) is 12.3 Å². The van der Waals surface area contributed by atoms with Gasteiger partial charge < -0.3 is 4.90 Å². The molecule has 2 heteroatoms. The number of carbonyl (C=O) groups excluding carboxylic acids is 1. The fourth-order valence-electron chi connectivity index (χ4n) is 1.74. The Morgan fingerprint density at radius 2 is 1.93 bits per heavy atom. The van der Waals surface area contributed by atoms with E-state index in [0.29, 0.717) is 6.42 Å². The van der Waals surface area contributed by atoms with Gasteiger partial charge in [-0.3, -0.25) is 4.79 Å². The minimum atomic E-state index is 0.263. The van der Waals surface area contributed by atoms with E-state index in [4.69, 9.17) is 0 Å². The summed E-state index contributed by atoms with van der Waals surface area (Å²) in [5, 5.41) is 0. The molecule has 0 saturated carbocycles. The second kappa shape index (κ2) is 6.63. The van der Waals surface area contributed by atoms with Crippen LogP contribution in [0.2, 0.25) is 0 Å². The zero-order chi connectivity index (χ0) is 10.2. The second-order valence-electron chi connectivity index (χ2n) is 3.94. The van der Waals surface area contributed by atoms with Crippen molar-refractivity contribution in [2.24, 2.45) is 0 Å². The summed E-state index contributed by atoms with van der Waals surface area (Å²) in [4.78, 5) is 13.1. The molecule has 0 radical (unpaired) electrons. The lowest BCUT2D eigenvalue weighted by atomic mass is 10.1. The Kier molecular flexibility index (Phi) is 5.35. The van der Waals surface area contributed by atoms with Crippen LogP contribution in [0.4, 0.5) is 0 Å². The van der Waals surface area contributed by atoms with Crippen LogP contribution in [0.5, 0.6) is 0 Å². The third-order valence-electron chi connectivity index (χ3n) is 2.65. The van der Waals surface area contributed by atoms with Crippen LogP contribution in [0.3, 0.4) is 0 Å². The number of unbranched alkanes of at least 4 members (excludes halogenated alkanes) is 5. The quantitative estimate of drug-likeness (QED) is 0.572.